The number of likely N-dealkylation sites (tertiary alicyclic amines) is 1. The van der Waals surface area contributed by atoms with Crippen molar-refractivity contribution in [2.45, 2.75) is 37.0 Å². The number of carbonyl (C=O) groups is 1. The van der Waals surface area contributed by atoms with E-state index >= 15 is 0 Å². The zero-order valence-electron chi connectivity index (χ0n) is 14.1. The van der Waals surface area contributed by atoms with Gasteiger partial charge in [0, 0.05) is 34.7 Å². The van der Waals surface area contributed by atoms with E-state index < -0.39 is 0 Å². The van der Waals surface area contributed by atoms with Crippen molar-refractivity contribution in [2.24, 2.45) is 11.3 Å². The zero-order valence-corrected chi connectivity index (χ0v) is 14.9. The van der Waals surface area contributed by atoms with Crippen LogP contribution in [0.4, 0.5) is 0 Å². The highest BCUT2D eigenvalue weighted by Gasteiger charge is 2.41. The molecule has 1 aliphatic heterocycles. The Bertz CT molecular complexity index is 558. The van der Waals surface area contributed by atoms with Gasteiger partial charge in [-0.2, -0.15) is 0 Å². The molecule has 0 bridgehead atoms. The highest BCUT2D eigenvalue weighted by atomic mass is 32.2. The molecule has 1 saturated carbocycles. The highest BCUT2D eigenvalue weighted by Crippen LogP contribution is 2.44. The SMILES string of the molecule is O=C(c1ccc(SCCO)cc1)N1CCC[C@@](CO)(CC2CC2)C1. The Morgan fingerprint density at radius 1 is 1.25 bits per heavy atom. The van der Waals surface area contributed by atoms with Crippen LogP contribution < -0.4 is 0 Å². The standard InChI is InChI=1S/C19H27NO3S/c21-10-11-24-17-6-4-16(5-7-17)18(23)20-9-1-8-19(13-20,14-22)12-15-2-3-15/h4-7,15,21-22H,1-3,8-14H2/t19-/m1/s1. The number of rotatable bonds is 7. The average molecular weight is 349 g/mol. The molecular weight excluding hydrogens is 322 g/mol. The molecule has 0 aromatic heterocycles. The lowest BCUT2D eigenvalue weighted by Crippen LogP contribution is -2.48. The molecule has 132 valence electrons. The van der Waals surface area contributed by atoms with Crippen molar-refractivity contribution in [3.8, 4) is 0 Å². The van der Waals surface area contributed by atoms with Gasteiger partial charge >= 0.3 is 0 Å². The Hall–Kier alpha value is -1.04. The second-order valence-corrected chi connectivity index (χ2v) is 8.40. The van der Waals surface area contributed by atoms with Crippen molar-refractivity contribution < 1.29 is 15.0 Å². The number of hydrogen-bond acceptors (Lipinski definition) is 4. The largest absolute Gasteiger partial charge is 0.396 e. The van der Waals surface area contributed by atoms with E-state index in [1.54, 1.807) is 11.8 Å². The third kappa shape index (κ3) is 4.32. The number of amides is 1. The maximum Gasteiger partial charge on any atom is 0.253 e. The van der Waals surface area contributed by atoms with Crippen LogP contribution in [-0.2, 0) is 0 Å². The molecule has 3 rings (SSSR count). The molecule has 1 atom stereocenters. The number of carbonyl (C=O) groups excluding carboxylic acids is 1. The minimum absolute atomic E-state index is 0.0713. The van der Waals surface area contributed by atoms with Crippen LogP contribution in [0, 0.1) is 11.3 Å². The Balaban J connectivity index is 1.65. The predicted octanol–water partition coefficient (Wildman–Crippen LogP) is 2.79. The summed E-state index contributed by atoms with van der Waals surface area (Å²) in [5.74, 6) is 1.50. The first kappa shape index (κ1) is 17.8. The first-order chi connectivity index (χ1) is 11.7. The molecule has 1 heterocycles. The van der Waals surface area contributed by atoms with E-state index in [0.717, 1.165) is 36.6 Å². The first-order valence-electron chi connectivity index (χ1n) is 8.90. The van der Waals surface area contributed by atoms with Crippen LogP contribution in [0.25, 0.3) is 0 Å². The van der Waals surface area contributed by atoms with Gasteiger partial charge in [0.15, 0.2) is 0 Å². The van der Waals surface area contributed by atoms with Crippen molar-refractivity contribution in [2.75, 3.05) is 32.1 Å². The predicted molar refractivity (Wildman–Crippen MR) is 96.2 cm³/mol. The summed E-state index contributed by atoms with van der Waals surface area (Å²) >= 11 is 1.59. The van der Waals surface area contributed by atoms with Crippen molar-refractivity contribution in [3.05, 3.63) is 29.8 Å². The number of piperidine rings is 1. The molecule has 1 aromatic carbocycles. The fourth-order valence-electron chi connectivity index (χ4n) is 3.72. The van der Waals surface area contributed by atoms with Gasteiger partial charge in [-0.1, -0.05) is 12.8 Å². The number of hydrogen-bond donors (Lipinski definition) is 2. The number of thioether (sulfide) groups is 1. The van der Waals surface area contributed by atoms with Gasteiger partial charge in [0.2, 0.25) is 0 Å². The maximum absolute atomic E-state index is 12.8. The molecule has 2 fully saturated rings. The number of nitrogens with zero attached hydrogens (tertiary/aromatic N) is 1. The topological polar surface area (TPSA) is 60.8 Å². The van der Waals surface area contributed by atoms with Crippen LogP contribution in [0.2, 0.25) is 0 Å². The van der Waals surface area contributed by atoms with E-state index in [0.29, 0.717) is 17.9 Å². The van der Waals surface area contributed by atoms with E-state index in [1.165, 1.54) is 12.8 Å². The second kappa shape index (κ2) is 7.89. The fraction of sp³-hybridized carbons (Fsp3) is 0.632. The van der Waals surface area contributed by atoms with E-state index in [2.05, 4.69) is 0 Å². The molecule has 24 heavy (non-hydrogen) atoms. The Morgan fingerprint density at radius 2 is 2.00 bits per heavy atom. The highest BCUT2D eigenvalue weighted by molar-refractivity contribution is 7.99. The third-order valence-corrected chi connectivity index (χ3v) is 6.16. The van der Waals surface area contributed by atoms with Gasteiger partial charge in [0.1, 0.15) is 0 Å². The molecule has 4 nitrogen and oxygen atoms in total. The summed E-state index contributed by atoms with van der Waals surface area (Å²) < 4.78 is 0. The average Bonchev–Trinajstić information content (AvgIpc) is 3.43. The summed E-state index contributed by atoms with van der Waals surface area (Å²) in [6.07, 6.45) is 5.62. The molecule has 0 radical (unpaired) electrons. The van der Waals surface area contributed by atoms with Crippen LogP contribution in [0.5, 0.6) is 0 Å². The quantitative estimate of drug-likeness (QED) is 0.743. The van der Waals surface area contributed by atoms with Crippen LogP contribution >= 0.6 is 11.8 Å². The second-order valence-electron chi connectivity index (χ2n) is 7.23. The lowest BCUT2D eigenvalue weighted by atomic mass is 9.76. The lowest BCUT2D eigenvalue weighted by molar-refractivity contribution is 0.0196. The Morgan fingerprint density at radius 3 is 2.62 bits per heavy atom. The van der Waals surface area contributed by atoms with Gasteiger partial charge in [-0.05, 0) is 49.4 Å². The summed E-state index contributed by atoms with van der Waals surface area (Å²) in [5.41, 5.74) is 0.620. The fourth-order valence-corrected chi connectivity index (χ4v) is 4.37. The van der Waals surface area contributed by atoms with E-state index in [-0.39, 0.29) is 24.5 Å². The minimum Gasteiger partial charge on any atom is -0.396 e. The van der Waals surface area contributed by atoms with Crippen molar-refractivity contribution in [1.29, 1.82) is 0 Å². The molecule has 1 aromatic rings. The summed E-state index contributed by atoms with van der Waals surface area (Å²) in [6.45, 7) is 1.81. The van der Waals surface area contributed by atoms with Gasteiger partial charge in [-0.3, -0.25) is 4.79 Å². The molecule has 2 aliphatic rings. The van der Waals surface area contributed by atoms with Crippen molar-refractivity contribution in [1.82, 2.24) is 4.90 Å². The van der Waals surface area contributed by atoms with E-state index in [4.69, 9.17) is 5.11 Å². The number of benzene rings is 1. The van der Waals surface area contributed by atoms with E-state index in [9.17, 15) is 9.90 Å². The molecule has 1 aliphatic carbocycles. The van der Waals surface area contributed by atoms with Gasteiger partial charge in [0.25, 0.3) is 5.91 Å². The molecular formula is C19H27NO3S. The summed E-state index contributed by atoms with van der Waals surface area (Å²) in [4.78, 5) is 15.8. The summed E-state index contributed by atoms with van der Waals surface area (Å²) in [7, 11) is 0. The van der Waals surface area contributed by atoms with Gasteiger partial charge in [-0.25, -0.2) is 0 Å². The zero-order chi connectivity index (χ0) is 17.0. The summed E-state index contributed by atoms with van der Waals surface area (Å²) in [5, 5.41) is 18.8. The van der Waals surface area contributed by atoms with Gasteiger partial charge < -0.3 is 15.1 Å². The Kier molecular flexibility index (Phi) is 5.85. The van der Waals surface area contributed by atoms with Crippen LogP contribution in [0.15, 0.2) is 29.2 Å². The molecule has 2 N–H and O–H groups in total. The minimum atomic E-state index is -0.0913. The monoisotopic (exact) mass is 349 g/mol. The first-order valence-corrected chi connectivity index (χ1v) is 9.88. The van der Waals surface area contributed by atoms with Gasteiger partial charge in [0.05, 0.1) is 13.2 Å². The normalized spacial score (nSPS) is 24.2. The smallest absolute Gasteiger partial charge is 0.253 e. The van der Waals surface area contributed by atoms with Crippen molar-refractivity contribution in [3.63, 3.8) is 0 Å². The molecule has 1 saturated heterocycles. The van der Waals surface area contributed by atoms with Crippen LogP contribution in [0.3, 0.4) is 0 Å². The van der Waals surface area contributed by atoms with Crippen molar-refractivity contribution >= 4 is 17.7 Å². The van der Waals surface area contributed by atoms with Crippen LogP contribution in [-0.4, -0.2) is 53.1 Å². The third-order valence-electron chi connectivity index (χ3n) is 5.16. The molecule has 5 heteroatoms. The molecule has 1 amide bonds. The Labute approximate surface area is 148 Å². The molecule has 0 unspecified atom stereocenters. The number of aliphatic hydroxyl groups excluding tert-OH is 2. The maximum atomic E-state index is 12.8. The van der Waals surface area contributed by atoms with Crippen LogP contribution in [0.1, 0.15) is 42.5 Å². The lowest BCUT2D eigenvalue weighted by Gasteiger charge is -2.42. The summed E-state index contributed by atoms with van der Waals surface area (Å²) in [6, 6.07) is 7.64. The van der Waals surface area contributed by atoms with Gasteiger partial charge in [-0.15, -0.1) is 11.8 Å². The molecule has 0 spiro atoms. The number of aliphatic hydroxyl groups is 2. The van der Waals surface area contributed by atoms with E-state index in [1.807, 2.05) is 29.2 Å².